The van der Waals surface area contributed by atoms with Crippen LogP contribution in [0.5, 0.6) is 0 Å². The first kappa shape index (κ1) is 24.8. The second-order valence-electron chi connectivity index (χ2n) is 7.55. The highest BCUT2D eigenvalue weighted by Gasteiger charge is 2.12. The van der Waals surface area contributed by atoms with E-state index < -0.39 is 12.0 Å². The van der Waals surface area contributed by atoms with Crippen LogP contribution >= 0.6 is 23.2 Å². The average molecular weight is 484 g/mol. The van der Waals surface area contributed by atoms with Crippen LogP contribution in [0.1, 0.15) is 5.56 Å². The van der Waals surface area contributed by atoms with Crippen molar-refractivity contribution in [1.29, 1.82) is 0 Å². The monoisotopic (exact) mass is 483 g/mol. The van der Waals surface area contributed by atoms with Gasteiger partial charge in [-0.15, -0.1) is 23.2 Å². The molecular weight excluding hydrogens is 457 g/mol. The highest BCUT2D eigenvalue weighted by Crippen LogP contribution is 2.19. The van der Waals surface area contributed by atoms with Crippen LogP contribution in [0.15, 0.2) is 78.9 Å². The summed E-state index contributed by atoms with van der Waals surface area (Å²) in [6.45, 7) is 1.45. The van der Waals surface area contributed by atoms with Gasteiger partial charge in [-0.1, -0.05) is 48.5 Å². The minimum atomic E-state index is -0.991. The van der Waals surface area contributed by atoms with Crippen molar-refractivity contribution in [1.82, 2.24) is 4.98 Å². The van der Waals surface area contributed by atoms with E-state index in [9.17, 15) is 4.79 Å². The van der Waals surface area contributed by atoms with E-state index in [-0.39, 0.29) is 0 Å². The van der Waals surface area contributed by atoms with Crippen LogP contribution in [-0.4, -0.2) is 47.0 Å². The zero-order chi connectivity index (χ0) is 23.6. The Hall–Kier alpha value is -2.86. The molecule has 4 aromatic rings. The average Bonchev–Trinajstić information content (AvgIpc) is 2.83. The van der Waals surface area contributed by atoms with E-state index in [1.54, 1.807) is 0 Å². The second kappa shape index (κ2) is 12.4. The second-order valence-corrected chi connectivity index (χ2v) is 8.31. The van der Waals surface area contributed by atoms with Gasteiger partial charge in [-0.25, -0.2) is 4.98 Å². The standard InChI is InChI=1S/C13H18Cl2N2O2.C13H9N/c14-5-7-17(8-6-15)11-3-1-10(2-4-11)9-12(16)13(18)19;1-3-7-12-10(5-1)9-11-6-2-4-8-13(11)14-12/h1-4,12H,5-9,16H2,(H,18,19);1-9H/t12-;/m0./s1. The molecule has 5 nitrogen and oxygen atoms in total. The number of carbonyl (C=O) groups is 1. The maximum Gasteiger partial charge on any atom is 0.320 e. The third-order valence-electron chi connectivity index (χ3n) is 5.21. The number of para-hydroxylation sites is 2. The first-order valence-corrected chi connectivity index (χ1v) is 11.8. The third kappa shape index (κ3) is 7.06. The van der Waals surface area contributed by atoms with Gasteiger partial charge in [0, 0.05) is 41.3 Å². The zero-order valence-electron chi connectivity index (χ0n) is 18.2. The summed E-state index contributed by atoms with van der Waals surface area (Å²) in [6.07, 6.45) is 0.320. The Balaban J connectivity index is 0.000000192. The fourth-order valence-corrected chi connectivity index (χ4v) is 3.89. The molecule has 7 heteroatoms. The van der Waals surface area contributed by atoms with Crippen molar-refractivity contribution in [2.75, 3.05) is 29.7 Å². The van der Waals surface area contributed by atoms with Gasteiger partial charge in [0.2, 0.25) is 0 Å². The quantitative estimate of drug-likeness (QED) is 0.262. The van der Waals surface area contributed by atoms with E-state index >= 15 is 0 Å². The molecule has 0 unspecified atom stereocenters. The summed E-state index contributed by atoms with van der Waals surface area (Å²) >= 11 is 11.5. The topological polar surface area (TPSA) is 79.5 Å². The van der Waals surface area contributed by atoms with Crippen molar-refractivity contribution in [2.45, 2.75) is 12.5 Å². The van der Waals surface area contributed by atoms with E-state index in [0.29, 0.717) is 18.2 Å². The predicted molar refractivity (Wildman–Crippen MR) is 139 cm³/mol. The Kier molecular flexibility index (Phi) is 9.31. The molecule has 0 amide bonds. The van der Waals surface area contributed by atoms with Gasteiger partial charge in [0.1, 0.15) is 6.04 Å². The molecule has 1 heterocycles. The number of aliphatic carboxylic acids is 1. The van der Waals surface area contributed by atoms with Gasteiger partial charge in [0.25, 0.3) is 0 Å². The molecule has 0 saturated carbocycles. The van der Waals surface area contributed by atoms with Crippen LogP contribution < -0.4 is 10.6 Å². The SMILES string of the molecule is N[C@@H](Cc1ccc(N(CCCl)CCCl)cc1)C(=O)O.c1ccc2nc3ccccc3cc2c1. The fraction of sp³-hybridized carbons (Fsp3) is 0.231. The Morgan fingerprint density at radius 2 is 1.39 bits per heavy atom. The van der Waals surface area contributed by atoms with Crippen molar-refractivity contribution in [3.05, 3.63) is 84.4 Å². The number of rotatable bonds is 8. The van der Waals surface area contributed by atoms with Crippen LogP contribution in [0.3, 0.4) is 0 Å². The summed E-state index contributed by atoms with van der Waals surface area (Å²) in [6, 6.07) is 25.3. The van der Waals surface area contributed by atoms with E-state index in [0.717, 1.165) is 35.4 Å². The molecule has 1 atom stereocenters. The van der Waals surface area contributed by atoms with Crippen molar-refractivity contribution < 1.29 is 9.90 Å². The molecule has 4 rings (SSSR count). The van der Waals surface area contributed by atoms with Gasteiger partial charge >= 0.3 is 5.97 Å². The van der Waals surface area contributed by atoms with Crippen LogP contribution in [0, 0.1) is 0 Å². The molecule has 172 valence electrons. The molecule has 0 radical (unpaired) electrons. The Bertz CT molecular complexity index is 1070. The van der Waals surface area contributed by atoms with E-state index in [4.69, 9.17) is 34.0 Å². The highest BCUT2D eigenvalue weighted by atomic mass is 35.5. The number of alkyl halides is 2. The Labute approximate surface area is 203 Å². The smallest absolute Gasteiger partial charge is 0.320 e. The van der Waals surface area contributed by atoms with Crippen molar-refractivity contribution >= 4 is 56.7 Å². The molecule has 0 aliphatic carbocycles. The number of aromatic nitrogens is 1. The Morgan fingerprint density at radius 3 is 1.88 bits per heavy atom. The molecule has 3 aromatic carbocycles. The molecule has 0 aliphatic heterocycles. The molecule has 1 aromatic heterocycles. The summed E-state index contributed by atoms with van der Waals surface area (Å²) in [5, 5.41) is 11.2. The summed E-state index contributed by atoms with van der Waals surface area (Å²) in [4.78, 5) is 17.3. The number of nitrogens with zero attached hydrogens (tertiary/aromatic N) is 2. The van der Waals surface area contributed by atoms with Gasteiger partial charge in [-0.05, 0) is 42.3 Å². The lowest BCUT2D eigenvalue weighted by atomic mass is 10.1. The number of hydrogen-bond acceptors (Lipinski definition) is 4. The molecule has 0 bridgehead atoms. The maximum atomic E-state index is 10.7. The first-order valence-electron chi connectivity index (χ1n) is 10.7. The molecular formula is C26H27Cl2N3O2. The van der Waals surface area contributed by atoms with Crippen molar-refractivity contribution in [3.63, 3.8) is 0 Å². The van der Waals surface area contributed by atoms with E-state index in [2.05, 4.69) is 28.1 Å². The lowest BCUT2D eigenvalue weighted by Gasteiger charge is -2.23. The number of halogens is 2. The summed E-state index contributed by atoms with van der Waals surface area (Å²) in [7, 11) is 0. The van der Waals surface area contributed by atoms with E-state index in [1.807, 2.05) is 60.7 Å². The van der Waals surface area contributed by atoms with Crippen LogP contribution in [0.2, 0.25) is 0 Å². The summed E-state index contributed by atoms with van der Waals surface area (Å²) in [5.74, 6) is 0.0698. The van der Waals surface area contributed by atoms with Gasteiger partial charge in [-0.2, -0.15) is 0 Å². The third-order valence-corrected chi connectivity index (χ3v) is 5.55. The summed E-state index contributed by atoms with van der Waals surface area (Å²) in [5.41, 5.74) is 9.54. The lowest BCUT2D eigenvalue weighted by Crippen LogP contribution is -2.32. The minimum Gasteiger partial charge on any atom is -0.480 e. The number of anilines is 1. The number of carboxylic acid groups (broad SMARTS) is 1. The number of nitrogens with two attached hydrogens (primary N) is 1. The van der Waals surface area contributed by atoms with Crippen molar-refractivity contribution in [2.24, 2.45) is 5.73 Å². The normalized spacial score (nSPS) is 11.6. The fourth-order valence-electron chi connectivity index (χ4n) is 3.48. The van der Waals surface area contributed by atoms with Crippen LogP contribution in [-0.2, 0) is 11.2 Å². The number of carboxylic acids is 1. The van der Waals surface area contributed by atoms with Gasteiger partial charge in [0.05, 0.1) is 11.0 Å². The van der Waals surface area contributed by atoms with E-state index in [1.165, 1.54) is 10.8 Å². The Morgan fingerprint density at radius 1 is 0.879 bits per heavy atom. The molecule has 0 saturated heterocycles. The largest absolute Gasteiger partial charge is 0.480 e. The van der Waals surface area contributed by atoms with Gasteiger partial charge in [0.15, 0.2) is 0 Å². The maximum absolute atomic E-state index is 10.7. The molecule has 0 spiro atoms. The van der Waals surface area contributed by atoms with Crippen molar-refractivity contribution in [3.8, 4) is 0 Å². The van der Waals surface area contributed by atoms with Crippen LogP contribution in [0.25, 0.3) is 21.8 Å². The molecule has 0 aliphatic rings. The van der Waals surface area contributed by atoms with Crippen LogP contribution in [0.4, 0.5) is 5.69 Å². The number of hydrogen-bond donors (Lipinski definition) is 2. The molecule has 3 N–H and O–H groups in total. The predicted octanol–water partition coefficient (Wildman–Crippen LogP) is 5.31. The number of pyridine rings is 1. The zero-order valence-corrected chi connectivity index (χ0v) is 19.7. The highest BCUT2D eigenvalue weighted by molar-refractivity contribution is 6.18. The van der Waals surface area contributed by atoms with Gasteiger partial charge in [-0.3, -0.25) is 4.79 Å². The molecule has 0 fully saturated rings. The lowest BCUT2D eigenvalue weighted by molar-refractivity contribution is -0.138. The molecule has 33 heavy (non-hydrogen) atoms. The minimum absolute atomic E-state index is 0.320. The number of benzene rings is 3. The first-order chi connectivity index (χ1) is 16.0. The summed E-state index contributed by atoms with van der Waals surface area (Å²) < 4.78 is 0. The van der Waals surface area contributed by atoms with Gasteiger partial charge < -0.3 is 15.7 Å². The number of fused-ring (bicyclic) bond motifs is 2.